The average Bonchev–Trinajstić information content (AvgIpc) is 2.03. The third-order valence-electron chi connectivity index (χ3n) is 1.09. The van der Waals surface area contributed by atoms with Gasteiger partial charge in [0, 0.05) is 12.4 Å². The first-order valence-corrected chi connectivity index (χ1v) is 3.38. The van der Waals surface area contributed by atoms with Crippen LogP contribution in [0.2, 0.25) is 0 Å². The van der Waals surface area contributed by atoms with Crippen LogP contribution in [0.3, 0.4) is 0 Å². The molecule has 1 aliphatic heterocycles. The van der Waals surface area contributed by atoms with E-state index in [1.807, 2.05) is 30.6 Å². The minimum atomic E-state index is 1.03. The maximum Gasteiger partial charge on any atom is 0.120 e. The highest BCUT2D eigenvalue weighted by atomic mass is 16.7. The van der Waals surface area contributed by atoms with E-state index in [0.29, 0.717) is 0 Å². The van der Waals surface area contributed by atoms with Gasteiger partial charge in [-0.2, -0.15) is 5.06 Å². The minimum absolute atomic E-state index is 1.03. The Labute approximate surface area is 61.0 Å². The van der Waals surface area contributed by atoms with Gasteiger partial charge in [-0.1, -0.05) is 13.0 Å². The molecule has 0 saturated carbocycles. The summed E-state index contributed by atoms with van der Waals surface area (Å²) < 4.78 is 0. The molecule has 0 aliphatic carbocycles. The second-order valence-corrected chi connectivity index (χ2v) is 1.93. The first-order valence-electron chi connectivity index (χ1n) is 3.38. The fourth-order valence-electron chi connectivity index (χ4n) is 0.615. The molecule has 1 aliphatic rings. The summed E-state index contributed by atoms with van der Waals surface area (Å²) in [5, 5.41) is 1.66. The van der Waals surface area contributed by atoms with Crippen molar-refractivity contribution in [3.63, 3.8) is 0 Å². The predicted octanol–water partition coefficient (Wildman–Crippen LogP) is 2.18. The summed E-state index contributed by atoms with van der Waals surface area (Å²) in [5.74, 6) is 0. The average molecular weight is 137 g/mol. The summed E-state index contributed by atoms with van der Waals surface area (Å²) in [5.41, 5.74) is 0. The molecule has 0 radical (unpaired) electrons. The molecular formula is C8H11NO. The number of hydroxylamine groups is 2. The molecule has 0 aromatic rings. The van der Waals surface area contributed by atoms with Crippen LogP contribution in [0.15, 0.2) is 36.9 Å². The summed E-state index contributed by atoms with van der Waals surface area (Å²) in [4.78, 5) is 5.06. The van der Waals surface area contributed by atoms with Crippen molar-refractivity contribution in [2.75, 3.05) is 0 Å². The molecule has 1 heterocycles. The lowest BCUT2D eigenvalue weighted by Crippen LogP contribution is -2.07. The van der Waals surface area contributed by atoms with Crippen molar-refractivity contribution >= 4 is 0 Å². The van der Waals surface area contributed by atoms with Crippen molar-refractivity contribution in [3.8, 4) is 0 Å². The summed E-state index contributed by atoms with van der Waals surface area (Å²) in [7, 11) is 0. The van der Waals surface area contributed by atoms with Gasteiger partial charge >= 0.3 is 0 Å². The number of allylic oxidation sites excluding steroid dienone is 3. The summed E-state index contributed by atoms with van der Waals surface area (Å²) in [6, 6.07) is 0. The van der Waals surface area contributed by atoms with Crippen molar-refractivity contribution < 1.29 is 4.84 Å². The fraction of sp³-hybridized carbons (Fsp3) is 0.250. The summed E-state index contributed by atoms with van der Waals surface area (Å²) >= 11 is 0. The van der Waals surface area contributed by atoms with Gasteiger partial charge in [-0.05, 0) is 18.6 Å². The van der Waals surface area contributed by atoms with E-state index in [9.17, 15) is 0 Å². The van der Waals surface area contributed by atoms with E-state index in [4.69, 9.17) is 4.84 Å². The van der Waals surface area contributed by atoms with Gasteiger partial charge in [0.1, 0.15) is 6.26 Å². The van der Waals surface area contributed by atoms with Gasteiger partial charge in [-0.3, -0.25) is 0 Å². The van der Waals surface area contributed by atoms with Gasteiger partial charge in [-0.15, -0.1) is 0 Å². The van der Waals surface area contributed by atoms with Crippen LogP contribution in [0.4, 0.5) is 0 Å². The number of nitrogens with zero attached hydrogens (tertiary/aromatic N) is 1. The highest BCUT2D eigenvalue weighted by Crippen LogP contribution is 2.00. The Morgan fingerprint density at radius 2 is 2.40 bits per heavy atom. The molecule has 54 valence electrons. The monoisotopic (exact) mass is 137 g/mol. The molecule has 0 spiro atoms. The lowest BCUT2D eigenvalue weighted by atomic mass is 10.5. The zero-order valence-corrected chi connectivity index (χ0v) is 6.03. The van der Waals surface area contributed by atoms with E-state index >= 15 is 0 Å². The van der Waals surface area contributed by atoms with E-state index in [-0.39, 0.29) is 0 Å². The lowest BCUT2D eigenvalue weighted by Gasteiger charge is -2.14. The number of hydrogen-bond acceptors (Lipinski definition) is 2. The molecule has 2 nitrogen and oxygen atoms in total. The van der Waals surface area contributed by atoms with Crippen molar-refractivity contribution in [2.45, 2.75) is 13.3 Å². The van der Waals surface area contributed by atoms with Crippen LogP contribution in [0.25, 0.3) is 0 Å². The normalized spacial score (nSPS) is 16.3. The van der Waals surface area contributed by atoms with Crippen LogP contribution in [0.5, 0.6) is 0 Å². The maximum absolute atomic E-state index is 5.06. The van der Waals surface area contributed by atoms with E-state index in [0.717, 1.165) is 6.42 Å². The van der Waals surface area contributed by atoms with E-state index in [1.54, 1.807) is 11.3 Å². The lowest BCUT2D eigenvalue weighted by molar-refractivity contribution is -0.0121. The number of rotatable bonds is 2. The second kappa shape index (κ2) is 3.77. The van der Waals surface area contributed by atoms with Gasteiger partial charge in [0.2, 0.25) is 0 Å². The van der Waals surface area contributed by atoms with Crippen LogP contribution >= 0.6 is 0 Å². The Morgan fingerprint density at radius 1 is 1.50 bits per heavy atom. The van der Waals surface area contributed by atoms with Gasteiger partial charge in [0.15, 0.2) is 0 Å². The van der Waals surface area contributed by atoms with Crippen LogP contribution in [-0.2, 0) is 4.84 Å². The third-order valence-corrected chi connectivity index (χ3v) is 1.09. The Balaban J connectivity index is 2.36. The van der Waals surface area contributed by atoms with Crippen molar-refractivity contribution in [1.82, 2.24) is 5.06 Å². The molecular weight excluding hydrogens is 126 g/mol. The first-order chi connectivity index (χ1) is 4.93. The molecule has 1 rings (SSSR count). The first kappa shape index (κ1) is 6.93. The molecule has 0 amide bonds. The molecule has 0 bridgehead atoms. The second-order valence-electron chi connectivity index (χ2n) is 1.93. The zero-order valence-electron chi connectivity index (χ0n) is 6.03. The quantitative estimate of drug-likeness (QED) is 0.578. The largest absolute Gasteiger partial charge is 0.384 e. The van der Waals surface area contributed by atoms with Crippen LogP contribution in [-0.4, -0.2) is 5.06 Å². The smallest absolute Gasteiger partial charge is 0.120 e. The highest BCUT2D eigenvalue weighted by Gasteiger charge is 1.91. The van der Waals surface area contributed by atoms with Crippen molar-refractivity contribution in [2.24, 2.45) is 0 Å². The van der Waals surface area contributed by atoms with Gasteiger partial charge in [0.05, 0.1) is 0 Å². The van der Waals surface area contributed by atoms with Gasteiger partial charge in [-0.25, -0.2) is 0 Å². The summed E-state index contributed by atoms with van der Waals surface area (Å²) in [6.45, 7) is 2.08. The predicted molar refractivity (Wildman–Crippen MR) is 40.6 cm³/mol. The maximum atomic E-state index is 5.06. The Morgan fingerprint density at radius 3 is 3.00 bits per heavy atom. The van der Waals surface area contributed by atoms with Crippen LogP contribution in [0, 0.1) is 0 Å². The molecule has 0 fully saturated rings. The summed E-state index contributed by atoms with van der Waals surface area (Å²) in [6.07, 6.45) is 12.2. The molecule has 0 unspecified atom stereocenters. The van der Waals surface area contributed by atoms with E-state index in [1.165, 1.54) is 0 Å². The Bertz CT molecular complexity index is 170. The Hall–Kier alpha value is -1.18. The van der Waals surface area contributed by atoms with Gasteiger partial charge in [0.25, 0.3) is 0 Å². The SMILES string of the molecule is CCC=CN1C=CC=CO1. The molecule has 0 aromatic carbocycles. The van der Waals surface area contributed by atoms with E-state index < -0.39 is 0 Å². The third kappa shape index (κ3) is 1.97. The molecule has 2 heteroatoms. The molecule has 0 saturated heterocycles. The molecule has 0 aromatic heterocycles. The van der Waals surface area contributed by atoms with Crippen LogP contribution in [0.1, 0.15) is 13.3 Å². The molecule has 10 heavy (non-hydrogen) atoms. The highest BCUT2D eigenvalue weighted by molar-refractivity contribution is 5.03. The van der Waals surface area contributed by atoms with Crippen molar-refractivity contribution in [3.05, 3.63) is 36.9 Å². The molecule has 0 N–H and O–H groups in total. The topological polar surface area (TPSA) is 12.5 Å². The molecule has 0 atom stereocenters. The standard InChI is InChI=1S/C8H11NO/c1-2-3-6-9-7-4-5-8-10-9/h3-8H,2H2,1H3. The fourth-order valence-corrected chi connectivity index (χ4v) is 0.615. The van der Waals surface area contributed by atoms with E-state index in [2.05, 4.69) is 6.92 Å². The zero-order chi connectivity index (χ0) is 7.23. The van der Waals surface area contributed by atoms with Crippen molar-refractivity contribution in [1.29, 1.82) is 0 Å². The minimum Gasteiger partial charge on any atom is -0.384 e. The van der Waals surface area contributed by atoms with Gasteiger partial charge < -0.3 is 4.84 Å². The number of hydrogen-bond donors (Lipinski definition) is 0. The Kier molecular flexibility index (Phi) is 2.62. The van der Waals surface area contributed by atoms with Crippen LogP contribution < -0.4 is 0 Å².